The van der Waals surface area contributed by atoms with Gasteiger partial charge in [-0.1, -0.05) is 28.1 Å². The standard InChI is InChI=1S/C17H25BrN2/c1-20(12-14-6-10-19-11-7-14)13-17(8-9-17)15-2-4-16(18)5-3-15/h2-5,14,19H,6-13H2,1H3. The first-order valence-corrected chi connectivity index (χ1v) is 8.63. The lowest BCUT2D eigenvalue weighted by Gasteiger charge is -2.30. The van der Waals surface area contributed by atoms with Crippen molar-refractivity contribution in [1.29, 1.82) is 0 Å². The maximum atomic E-state index is 3.53. The zero-order valence-electron chi connectivity index (χ0n) is 12.4. The highest BCUT2D eigenvalue weighted by Crippen LogP contribution is 2.48. The quantitative estimate of drug-likeness (QED) is 0.886. The van der Waals surface area contributed by atoms with Crippen LogP contribution in [0.2, 0.25) is 0 Å². The zero-order chi connectivity index (χ0) is 14.0. The third kappa shape index (κ3) is 3.44. The summed E-state index contributed by atoms with van der Waals surface area (Å²) < 4.78 is 1.18. The van der Waals surface area contributed by atoms with E-state index in [-0.39, 0.29) is 0 Å². The van der Waals surface area contributed by atoms with Crippen molar-refractivity contribution in [3.63, 3.8) is 0 Å². The van der Waals surface area contributed by atoms with Gasteiger partial charge in [-0.2, -0.15) is 0 Å². The van der Waals surface area contributed by atoms with Crippen LogP contribution in [0.4, 0.5) is 0 Å². The molecule has 20 heavy (non-hydrogen) atoms. The first-order valence-electron chi connectivity index (χ1n) is 7.83. The molecule has 2 fully saturated rings. The van der Waals surface area contributed by atoms with Crippen molar-refractivity contribution in [3.8, 4) is 0 Å². The molecule has 1 aromatic carbocycles. The van der Waals surface area contributed by atoms with Gasteiger partial charge in [-0.25, -0.2) is 0 Å². The van der Waals surface area contributed by atoms with Crippen LogP contribution in [0.15, 0.2) is 28.7 Å². The lowest BCUT2D eigenvalue weighted by Crippen LogP contribution is -2.37. The van der Waals surface area contributed by atoms with Gasteiger partial charge < -0.3 is 10.2 Å². The molecule has 0 unspecified atom stereocenters. The van der Waals surface area contributed by atoms with Crippen LogP contribution in [0.3, 0.4) is 0 Å². The molecule has 1 saturated carbocycles. The smallest absolute Gasteiger partial charge is 0.0175 e. The Morgan fingerprint density at radius 2 is 1.85 bits per heavy atom. The summed E-state index contributed by atoms with van der Waals surface area (Å²) in [5, 5.41) is 3.46. The molecule has 1 aromatic rings. The Morgan fingerprint density at radius 3 is 2.45 bits per heavy atom. The fourth-order valence-corrected chi connectivity index (χ4v) is 3.84. The van der Waals surface area contributed by atoms with Crippen LogP contribution in [-0.2, 0) is 5.41 Å². The molecule has 0 radical (unpaired) electrons. The van der Waals surface area contributed by atoms with Crippen LogP contribution in [0, 0.1) is 5.92 Å². The number of hydrogen-bond donors (Lipinski definition) is 1. The molecule has 1 N–H and O–H groups in total. The minimum Gasteiger partial charge on any atom is -0.317 e. The van der Waals surface area contributed by atoms with Crippen molar-refractivity contribution >= 4 is 15.9 Å². The number of nitrogens with zero attached hydrogens (tertiary/aromatic N) is 1. The first-order chi connectivity index (χ1) is 9.68. The van der Waals surface area contributed by atoms with Gasteiger partial charge in [0.1, 0.15) is 0 Å². The van der Waals surface area contributed by atoms with Crippen LogP contribution in [0.5, 0.6) is 0 Å². The van der Waals surface area contributed by atoms with Crippen molar-refractivity contribution in [3.05, 3.63) is 34.3 Å². The summed E-state index contributed by atoms with van der Waals surface area (Å²) in [6, 6.07) is 8.97. The molecule has 1 aliphatic heterocycles. The number of likely N-dealkylation sites (N-methyl/N-ethyl adjacent to an activating group) is 1. The molecule has 2 nitrogen and oxygen atoms in total. The van der Waals surface area contributed by atoms with Crippen molar-refractivity contribution in [1.82, 2.24) is 10.2 Å². The Bertz CT molecular complexity index is 433. The van der Waals surface area contributed by atoms with Crippen LogP contribution < -0.4 is 5.32 Å². The highest BCUT2D eigenvalue weighted by molar-refractivity contribution is 9.10. The summed E-state index contributed by atoms with van der Waals surface area (Å²) in [5.41, 5.74) is 1.97. The van der Waals surface area contributed by atoms with Crippen molar-refractivity contribution in [2.24, 2.45) is 5.92 Å². The molecule has 0 atom stereocenters. The minimum atomic E-state index is 0.447. The third-order valence-electron chi connectivity index (χ3n) is 4.91. The van der Waals surface area contributed by atoms with Crippen molar-refractivity contribution < 1.29 is 0 Å². The average Bonchev–Trinajstić information content (AvgIpc) is 3.21. The molecule has 1 heterocycles. The zero-order valence-corrected chi connectivity index (χ0v) is 14.0. The van der Waals surface area contributed by atoms with E-state index < -0.39 is 0 Å². The van der Waals surface area contributed by atoms with Gasteiger partial charge in [-0.15, -0.1) is 0 Å². The summed E-state index contributed by atoms with van der Waals surface area (Å²) >= 11 is 3.53. The molecule has 3 rings (SSSR count). The van der Waals surface area contributed by atoms with Gasteiger partial charge in [0.05, 0.1) is 0 Å². The third-order valence-corrected chi connectivity index (χ3v) is 5.44. The van der Waals surface area contributed by atoms with E-state index in [1.54, 1.807) is 0 Å². The highest BCUT2D eigenvalue weighted by Gasteiger charge is 2.44. The van der Waals surface area contributed by atoms with E-state index in [4.69, 9.17) is 0 Å². The maximum absolute atomic E-state index is 3.53. The molecule has 0 aromatic heterocycles. The molecular formula is C17H25BrN2. The van der Waals surface area contributed by atoms with E-state index in [1.807, 2.05) is 0 Å². The molecule has 1 saturated heterocycles. The number of benzene rings is 1. The van der Waals surface area contributed by atoms with E-state index in [1.165, 1.54) is 61.9 Å². The number of hydrogen-bond acceptors (Lipinski definition) is 2. The second kappa shape index (κ2) is 6.17. The van der Waals surface area contributed by atoms with Crippen LogP contribution in [0.25, 0.3) is 0 Å². The van der Waals surface area contributed by atoms with Crippen LogP contribution in [-0.4, -0.2) is 38.1 Å². The first kappa shape index (κ1) is 14.6. The molecule has 3 heteroatoms. The van der Waals surface area contributed by atoms with Crippen molar-refractivity contribution in [2.75, 3.05) is 33.2 Å². The normalized spacial score (nSPS) is 22.1. The summed E-state index contributed by atoms with van der Waals surface area (Å²) in [7, 11) is 2.31. The summed E-state index contributed by atoms with van der Waals surface area (Å²) in [5.74, 6) is 0.891. The second-order valence-corrected chi connectivity index (χ2v) is 7.59. The predicted molar refractivity (Wildman–Crippen MR) is 88.1 cm³/mol. The van der Waals surface area contributed by atoms with Gasteiger partial charge in [0.15, 0.2) is 0 Å². The number of rotatable bonds is 5. The van der Waals surface area contributed by atoms with E-state index in [9.17, 15) is 0 Å². The molecule has 2 aliphatic rings. The Balaban J connectivity index is 1.57. The Labute approximate surface area is 131 Å². The van der Waals surface area contributed by atoms with Gasteiger partial charge in [0.2, 0.25) is 0 Å². The molecule has 0 amide bonds. The monoisotopic (exact) mass is 336 g/mol. The number of halogens is 1. The fourth-order valence-electron chi connectivity index (χ4n) is 3.58. The number of nitrogens with one attached hydrogen (secondary N) is 1. The maximum Gasteiger partial charge on any atom is 0.0175 e. The molecular weight excluding hydrogens is 312 g/mol. The predicted octanol–water partition coefficient (Wildman–Crippen LogP) is 3.41. The lowest BCUT2D eigenvalue weighted by molar-refractivity contribution is 0.225. The van der Waals surface area contributed by atoms with E-state index in [0.717, 1.165) is 5.92 Å². The summed E-state index contributed by atoms with van der Waals surface area (Å²) in [4.78, 5) is 2.57. The van der Waals surface area contributed by atoms with Gasteiger partial charge in [0.25, 0.3) is 0 Å². The SMILES string of the molecule is CN(CC1CCNCC1)CC1(c2ccc(Br)cc2)CC1. The van der Waals surface area contributed by atoms with E-state index >= 15 is 0 Å². The topological polar surface area (TPSA) is 15.3 Å². The van der Waals surface area contributed by atoms with Crippen molar-refractivity contribution in [2.45, 2.75) is 31.1 Å². The molecule has 0 bridgehead atoms. The van der Waals surface area contributed by atoms with Gasteiger partial charge >= 0.3 is 0 Å². The highest BCUT2D eigenvalue weighted by atomic mass is 79.9. The van der Waals surface area contributed by atoms with Crippen LogP contribution >= 0.6 is 15.9 Å². The van der Waals surface area contributed by atoms with Gasteiger partial charge in [-0.3, -0.25) is 0 Å². The largest absolute Gasteiger partial charge is 0.317 e. The fraction of sp³-hybridized carbons (Fsp3) is 0.647. The second-order valence-electron chi connectivity index (χ2n) is 6.68. The summed E-state index contributed by atoms with van der Waals surface area (Å²) in [6.45, 7) is 4.89. The minimum absolute atomic E-state index is 0.447. The Hall–Kier alpha value is -0.380. The van der Waals surface area contributed by atoms with Gasteiger partial charge in [0, 0.05) is 23.0 Å². The number of piperidine rings is 1. The Morgan fingerprint density at radius 1 is 1.20 bits per heavy atom. The average molecular weight is 337 g/mol. The van der Waals surface area contributed by atoms with E-state index in [0.29, 0.717) is 5.41 Å². The lowest BCUT2D eigenvalue weighted by atomic mass is 9.93. The molecule has 0 spiro atoms. The molecule has 1 aliphatic carbocycles. The summed E-state index contributed by atoms with van der Waals surface area (Å²) in [6.07, 6.45) is 5.39. The van der Waals surface area contributed by atoms with Gasteiger partial charge in [-0.05, 0) is 69.4 Å². The Kier molecular flexibility index (Phi) is 4.49. The van der Waals surface area contributed by atoms with Crippen LogP contribution in [0.1, 0.15) is 31.2 Å². The van der Waals surface area contributed by atoms with E-state index in [2.05, 4.69) is 57.5 Å². The molecule has 110 valence electrons.